The van der Waals surface area contributed by atoms with Gasteiger partial charge in [0.15, 0.2) is 0 Å². The minimum absolute atomic E-state index is 0.181. The van der Waals surface area contributed by atoms with Crippen molar-refractivity contribution < 1.29 is 5.11 Å². The van der Waals surface area contributed by atoms with Crippen molar-refractivity contribution in [3.63, 3.8) is 0 Å². The predicted molar refractivity (Wildman–Crippen MR) is 98.0 cm³/mol. The molecule has 6 heteroatoms. The smallest absolute Gasteiger partial charge is 0.109 e. The zero-order valence-corrected chi connectivity index (χ0v) is 16.0. The molecule has 1 aromatic carbocycles. The van der Waals surface area contributed by atoms with Crippen LogP contribution in [0.1, 0.15) is 44.6 Å². The molecular weight excluding hydrogens is 351 g/mol. The van der Waals surface area contributed by atoms with Crippen LogP contribution in [0.5, 0.6) is 0 Å². The number of aromatic nitrogens is 2. The van der Waals surface area contributed by atoms with E-state index in [0.717, 1.165) is 40.8 Å². The molecule has 0 atom stereocenters. The Balaban J connectivity index is 2.43. The van der Waals surface area contributed by atoms with Gasteiger partial charge in [0.25, 0.3) is 0 Å². The minimum Gasteiger partial charge on any atom is -0.396 e. The van der Waals surface area contributed by atoms with E-state index in [0.29, 0.717) is 16.0 Å². The number of aryl methyl sites for hydroxylation is 1. The van der Waals surface area contributed by atoms with Crippen LogP contribution >= 0.6 is 35.0 Å². The van der Waals surface area contributed by atoms with Gasteiger partial charge in [-0.1, -0.05) is 48.8 Å². The highest BCUT2D eigenvalue weighted by Crippen LogP contribution is 2.37. The molecule has 2 rings (SSSR count). The second kappa shape index (κ2) is 8.43. The number of benzene rings is 1. The lowest BCUT2D eigenvalue weighted by Crippen LogP contribution is -2.04. The number of nitrogens with zero attached hydrogens (tertiary/aromatic N) is 2. The van der Waals surface area contributed by atoms with Gasteiger partial charge < -0.3 is 9.67 Å². The first-order valence-corrected chi connectivity index (χ1v) is 9.37. The fourth-order valence-electron chi connectivity index (χ4n) is 2.44. The van der Waals surface area contributed by atoms with E-state index in [9.17, 15) is 0 Å². The van der Waals surface area contributed by atoms with Gasteiger partial charge in [-0.05, 0) is 37.5 Å². The lowest BCUT2D eigenvalue weighted by atomic mass is 10.1. The SMILES string of the molecule is CCn1c(CCCO)nc(C(C)C)c1Sc1cc(Cl)cc(Cl)c1. The molecule has 1 heterocycles. The number of hydrogen-bond donors (Lipinski definition) is 1. The maximum Gasteiger partial charge on any atom is 0.109 e. The first kappa shape index (κ1) is 18.7. The summed E-state index contributed by atoms with van der Waals surface area (Å²) < 4.78 is 2.23. The Morgan fingerprint density at radius 1 is 1.22 bits per heavy atom. The highest BCUT2D eigenvalue weighted by Gasteiger charge is 2.19. The molecule has 0 aliphatic rings. The van der Waals surface area contributed by atoms with Gasteiger partial charge in [-0.3, -0.25) is 0 Å². The Morgan fingerprint density at radius 3 is 2.39 bits per heavy atom. The summed E-state index contributed by atoms with van der Waals surface area (Å²) in [5.41, 5.74) is 1.08. The summed E-state index contributed by atoms with van der Waals surface area (Å²) in [5, 5.41) is 11.5. The first-order valence-electron chi connectivity index (χ1n) is 7.80. The zero-order chi connectivity index (χ0) is 17.0. The maximum atomic E-state index is 9.10. The van der Waals surface area contributed by atoms with Gasteiger partial charge in [0.05, 0.1) is 5.69 Å². The van der Waals surface area contributed by atoms with E-state index < -0.39 is 0 Å². The van der Waals surface area contributed by atoms with Crippen molar-refractivity contribution in [3.8, 4) is 0 Å². The first-order chi connectivity index (χ1) is 11.0. The van der Waals surface area contributed by atoms with Crippen molar-refractivity contribution in [2.45, 2.75) is 56.0 Å². The fourth-order valence-corrected chi connectivity index (χ4v) is 4.42. The van der Waals surface area contributed by atoms with E-state index >= 15 is 0 Å². The van der Waals surface area contributed by atoms with Crippen molar-refractivity contribution in [3.05, 3.63) is 39.8 Å². The standard InChI is InChI=1S/C17H22Cl2N2OS/c1-4-21-15(6-5-7-22)20-16(11(2)3)17(21)23-14-9-12(18)8-13(19)10-14/h8-11,22H,4-7H2,1-3H3. The van der Waals surface area contributed by atoms with Crippen LogP contribution in [0.2, 0.25) is 10.0 Å². The van der Waals surface area contributed by atoms with Crippen LogP contribution in [0.15, 0.2) is 28.1 Å². The van der Waals surface area contributed by atoms with Gasteiger partial charge in [0.1, 0.15) is 10.9 Å². The average molecular weight is 373 g/mol. The lowest BCUT2D eigenvalue weighted by Gasteiger charge is -2.11. The average Bonchev–Trinajstić information content (AvgIpc) is 2.81. The molecule has 0 aliphatic carbocycles. The third-order valence-corrected chi connectivity index (χ3v) is 5.03. The molecule has 3 nitrogen and oxygen atoms in total. The van der Waals surface area contributed by atoms with Gasteiger partial charge in [0.2, 0.25) is 0 Å². The zero-order valence-electron chi connectivity index (χ0n) is 13.6. The molecule has 1 aromatic heterocycles. The molecule has 0 aliphatic heterocycles. The highest BCUT2D eigenvalue weighted by atomic mass is 35.5. The predicted octanol–water partition coefficient (Wildman–Crippen LogP) is 5.41. The molecule has 0 unspecified atom stereocenters. The molecule has 0 bridgehead atoms. The third-order valence-electron chi connectivity index (χ3n) is 3.50. The second-order valence-electron chi connectivity index (χ2n) is 5.65. The van der Waals surface area contributed by atoms with Crippen LogP contribution in [-0.2, 0) is 13.0 Å². The van der Waals surface area contributed by atoms with Crippen LogP contribution in [0.25, 0.3) is 0 Å². The summed E-state index contributed by atoms with van der Waals surface area (Å²) in [6.45, 7) is 7.43. The molecule has 0 saturated carbocycles. The normalized spacial score (nSPS) is 11.4. The number of imidazole rings is 1. The van der Waals surface area contributed by atoms with Crippen molar-refractivity contribution >= 4 is 35.0 Å². The Morgan fingerprint density at radius 2 is 1.87 bits per heavy atom. The Bertz CT molecular complexity index is 651. The topological polar surface area (TPSA) is 38.0 Å². The molecule has 0 saturated heterocycles. The van der Waals surface area contributed by atoms with E-state index in [4.69, 9.17) is 33.3 Å². The third kappa shape index (κ3) is 4.66. The summed E-state index contributed by atoms with van der Waals surface area (Å²) in [7, 11) is 0. The summed E-state index contributed by atoms with van der Waals surface area (Å²) in [6.07, 6.45) is 1.50. The Labute approximate surface area is 152 Å². The quantitative estimate of drug-likeness (QED) is 0.705. The molecule has 0 spiro atoms. The molecule has 126 valence electrons. The summed E-state index contributed by atoms with van der Waals surface area (Å²) in [4.78, 5) is 5.83. The monoisotopic (exact) mass is 372 g/mol. The van der Waals surface area contributed by atoms with E-state index in [1.165, 1.54) is 0 Å². The molecule has 23 heavy (non-hydrogen) atoms. The molecule has 0 fully saturated rings. The molecule has 1 N–H and O–H groups in total. The van der Waals surface area contributed by atoms with Gasteiger partial charge >= 0.3 is 0 Å². The fraction of sp³-hybridized carbons (Fsp3) is 0.471. The maximum absolute atomic E-state index is 9.10. The molecule has 0 radical (unpaired) electrons. The summed E-state index contributed by atoms with van der Waals surface area (Å²) in [6, 6.07) is 5.57. The summed E-state index contributed by atoms with van der Waals surface area (Å²) >= 11 is 13.9. The largest absolute Gasteiger partial charge is 0.396 e. The van der Waals surface area contributed by atoms with Crippen molar-refractivity contribution in [1.82, 2.24) is 9.55 Å². The van der Waals surface area contributed by atoms with Gasteiger partial charge in [0, 0.05) is 34.5 Å². The van der Waals surface area contributed by atoms with Crippen LogP contribution in [0, 0.1) is 0 Å². The minimum atomic E-state index is 0.181. The number of halogens is 2. The van der Waals surface area contributed by atoms with Gasteiger partial charge in [-0.25, -0.2) is 4.98 Å². The number of rotatable bonds is 7. The van der Waals surface area contributed by atoms with Crippen molar-refractivity contribution in [2.24, 2.45) is 0 Å². The van der Waals surface area contributed by atoms with Crippen LogP contribution < -0.4 is 0 Å². The van der Waals surface area contributed by atoms with Crippen LogP contribution in [-0.4, -0.2) is 21.3 Å². The number of aliphatic hydroxyl groups excluding tert-OH is 1. The van der Waals surface area contributed by atoms with E-state index in [2.05, 4.69) is 25.3 Å². The van der Waals surface area contributed by atoms with E-state index in [1.54, 1.807) is 17.8 Å². The van der Waals surface area contributed by atoms with Crippen LogP contribution in [0.3, 0.4) is 0 Å². The van der Waals surface area contributed by atoms with Gasteiger partial charge in [-0.2, -0.15) is 0 Å². The van der Waals surface area contributed by atoms with E-state index in [-0.39, 0.29) is 6.61 Å². The Kier molecular flexibility index (Phi) is 6.84. The molecule has 0 amide bonds. The lowest BCUT2D eigenvalue weighted by molar-refractivity contribution is 0.286. The van der Waals surface area contributed by atoms with Crippen molar-refractivity contribution in [2.75, 3.05) is 6.61 Å². The second-order valence-corrected chi connectivity index (χ2v) is 7.59. The number of aliphatic hydroxyl groups is 1. The summed E-state index contributed by atoms with van der Waals surface area (Å²) in [5.74, 6) is 1.36. The Hall–Kier alpha value is -0.680. The van der Waals surface area contributed by atoms with Gasteiger partial charge in [-0.15, -0.1) is 0 Å². The molecular formula is C17H22Cl2N2OS. The van der Waals surface area contributed by atoms with E-state index in [1.807, 2.05) is 12.1 Å². The highest BCUT2D eigenvalue weighted by molar-refractivity contribution is 7.99. The van der Waals surface area contributed by atoms with Crippen molar-refractivity contribution in [1.29, 1.82) is 0 Å². The number of hydrogen-bond acceptors (Lipinski definition) is 3. The van der Waals surface area contributed by atoms with Crippen LogP contribution in [0.4, 0.5) is 0 Å². The molecule has 2 aromatic rings.